The molecule has 3 atom stereocenters. The third kappa shape index (κ3) is 5.14. The molecule has 1 amide bonds. The van der Waals surface area contributed by atoms with Gasteiger partial charge in [-0.1, -0.05) is 37.3 Å². The first-order valence-corrected chi connectivity index (χ1v) is 10.1. The van der Waals surface area contributed by atoms with Crippen molar-refractivity contribution >= 4 is 17.3 Å². The second-order valence-electron chi connectivity index (χ2n) is 7.70. The molecule has 2 aromatic rings. The molecule has 1 saturated heterocycles. The minimum absolute atomic E-state index is 0.0498. The molecule has 3 rings (SSSR count). The van der Waals surface area contributed by atoms with Crippen LogP contribution < -0.4 is 10.2 Å². The number of carbonyl (C=O) groups is 1. The zero-order chi connectivity index (χ0) is 21.0. The number of carbonyl (C=O) groups excluding carboxylic acids is 1. The van der Waals surface area contributed by atoms with Gasteiger partial charge in [0.25, 0.3) is 0 Å². The monoisotopic (exact) mass is 399 g/mol. The van der Waals surface area contributed by atoms with E-state index in [2.05, 4.69) is 5.32 Å². The number of hydrogen-bond acceptors (Lipinski definition) is 4. The van der Waals surface area contributed by atoms with Crippen molar-refractivity contribution in [2.24, 2.45) is 0 Å². The van der Waals surface area contributed by atoms with Crippen molar-refractivity contribution in [3.05, 3.63) is 59.9 Å². The van der Waals surface area contributed by atoms with E-state index in [1.165, 1.54) is 6.07 Å². The molecule has 5 nitrogen and oxygen atoms in total. The van der Waals surface area contributed by atoms with Gasteiger partial charge in [-0.05, 0) is 51.2 Å². The van der Waals surface area contributed by atoms with Crippen molar-refractivity contribution < 1.29 is 13.9 Å². The summed E-state index contributed by atoms with van der Waals surface area (Å²) in [5.41, 5.74) is 1.90. The second-order valence-corrected chi connectivity index (χ2v) is 7.70. The van der Waals surface area contributed by atoms with E-state index in [4.69, 9.17) is 4.74 Å². The standard InChI is InChI=1S/C23H30FN3O2/c1-5-26(4)22(18-9-7-6-8-10-18)23(28)25-19-11-12-21(20(24)13-19)27-14-16(2)29-17(3)15-27/h6-13,16-17,22H,5,14-15H2,1-4H3,(H,25,28). The second kappa shape index (κ2) is 9.37. The van der Waals surface area contributed by atoms with Gasteiger partial charge in [0.15, 0.2) is 0 Å². The highest BCUT2D eigenvalue weighted by Crippen LogP contribution is 2.27. The Bertz CT molecular complexity index is 820. The maximum Gasteiger partial charge on any atom is 0.246 e. The maximum atomic E-state index is 14.8. The Morgan fingerprint density at radius 3 is 2.45 bits per heavy atom. The number of benzene rings is 2. The van der Waals surface area contributed by atoms with Gasteiger partial charge in [-0.2, -0.15) is 0 Å². The van der Waals surface area contributed by atoms with E-state index in [1.807, 2.05) is 68.0 Å². The zero-order valence-electron chi connectivity index (χ0n) is 17.6. The Hall–Kier alpha value is -2.44. The van der Waals surface area contributed by atoms with Crippen LogP contribution in [0.4, 0.5) is 15.8 Å². The lowest BCUT2D eigenvalue weighted by Gasteiger charge is -2.37. The number of likely N-dealkylation sites (N-methyl/N-ethyl adjacent to an activating group) is 1. The van der Waals surface area contributed by atoms with Gasteiger partial charge < -0.3 is 15.0 Å². The molecule has 0 radical (unpaired) electrons. The van der Waals surface area contributed by atoms with Crippen molar-refractivity contribution in [2.45, 2.75) is 39.0 Å². The summed E-state index contributed by atoms with van der Waals surface area (Å²) in [5.74, 6) is -0.523. The molecule has 0 aromatic heterocycles. The van der Waals surface area contributed by atoms with Gasteiger partial charge in [0.2, 0.25) is 5.91 Å². The van der Waals surface area contributed by atoms with Gasteiger partial charge in [0.1, 0.15) is 11.9 Å². The maximum absolute atomic E-state index is 14.8. The summed E-state index contributed by atoms with van der Waals surface area (Å²) in [5, 5.41) is 2.88. The normalized spacial score (nSPS) is 20.6. The summed E-state index contributed by atoms with van der Waals surface area (Å²) in [4.78, 5) is 17.0. The molecule has 6 heteroatoms. The molecule has 2 aromatic carbocycles. The van der Waals surface area contributed by atoms with Crippen LogP contribution in [0.1, 0.15) is 32.4 Å². The third-order valence-corrected chi connectivity index (χ3v) is 5.28. The molecule has 0 spiro atoms. The lowest BCUT2D eigenvalue weighted by molar-refractivity contribution is -0.121. The van der Waals surface area contributed by atoms with Crippen LogP contribution in [0.15, 0.2) is 48.5 Å². The number of anilines is 2. The third-order valence-electron chi connectivity index (χ3n) is 5.28. The molecule has 156 valence electrons. The van der Waals surface area contributed by atoms with Gasteiger partial charge in [0.05, 0.1) is 17.9 Å². The van der Waals surface area contributed by atoms with Gasteiger partial charge >= 0.3 is 0 Å². The zero-order valence-corrected chi connectivity index (χ0v) is 17.6. The van der Waals surface area contributed by atoms with E-state index in [0.717, 1.165) is 5.56 Å². The summed E-state index contributed by atoms with van der Waals surface area (Å²) in [6, 6.07) is 14.1. The van der Waals surface area contributed by atoms with E-state index in [1.54, 1.807) is 12.1 Å². The SMILES string of the molecule is CCN(C)C(C(=O)Nc1ccc(N2CC(C)OC(C)C2)c(F)c1)c1ccccc1. The first kappa shape index (κ1) is 21.3. The summed E-state index contributed by atoms with van der Waals surface area (Å²) < 4.78 is 20.6. The van der Waals surface area contributed by atoms with Crippen LogP contribution in [0.5, 0.6) is 0 Å². The highest BCUT2D eigenvalue weighted by molar-refractivity contribution is 5.95. The molecular formula is C23H30FN3O2. The van der Waals surface area contributed by atoms with Crippen molar-refractivity contribution in [3.8, 4) is 0 Å². The van der Waals surface area contributed by atoms with Crippen LogP contribution in [0, 0.1) is 5.82 Å². The Balaban J connectivity index is 1.77. The minimum atomic E-state index is -0.440. The van der Waals surface area contributed by atoms with E-state index >= 15 is 0 Å². The van der Waals surface area contributed by atoms with E-state index in [9.17, 15) is 9.18 Å². The summed E-state index contributed by atoms with van der Waals surface area (Å²) in [6.07, 6.45) is 0.0995. The molecule has 1 fully saturated rings. The molecule has 1 aliphatic heterocycles. The molecule has 0 aliphatic carbocycles. The molecule has 1 N–H and O–H groups in total. The summed E-state index contributed by atoms with van der Waals surface area (Å²) >= 11 is 0. The van der Waals surface area contributed by atoms with Crippen molar-refractivity contribution in [3.63, 3.8) is 0 Å². The fourth-order valence-electron chi connectivity index (χ4n) is 3.85. The molecule has 1 heterocycles. The number of ether oxygens (including phenoxy) is 1. The number of morpholine rings is 1. The molecule has 1 aliphatic rings. The first-order valence-electron chi connectivity index (χ1n) is 10.1. The van der Waals surface area contributed by atoms with Gasteiger partial charge in [-0.25, -0.2) is 4.39 Å². The number of halogens is 1. The lowest BCUT2D eigenvalue weighted by atomic mass is 10.0. The Morgan fingerprint density at radius 1 is 1.21 bits per heavy atom. The fourth-order valence-corrected chi connectivity index (χ4v) is 3.85. The predicted octanol–water partition coefficient (Wildman–Crippen LogP) is 4.07. The predicted molar refractivity (Wildman–Crippen MR) is 115 cm³/mol. The Morgan fingerprint density at radius 2 is 1.86 bits per heavy atom. The van der Waals surface area contributed by atoms with Crippen LogP contribution in [-0.4, -0.2) is 49.7 Å². The first-order chi connectivity index (χ1) is 13.9. The highest BCUT2D eigenvalue weighted by Gasteiger charge is 2.26. The van der Waals surface area contributed by atoms with Crippen LogP contribution in [0.3, 0.4) is 0 Å². The molecule has 3 unspecified atom stereocenters. The number of amides is 1. The fraction of sp³-hybridized carbons (Fsp3) is 0.435. The van der Waals surface area contributed by atoms with Gasteiger partial charge in [-0.3, -0.25) is 9.69 Å². The van der Waals surface area contributed by atoms with E-state index in [-0.39, 0.29) is 23.9 Å². The quantitative estimate of drug-likeness (QED) is 0.795. The van der Waals surface area contributed by atoms with Crippen molar-refractivity contribution in [2.75, 3.05) is 36.9 Å². The van der Waals surface area contributed by atoms with Crippen LogP contribution in [0.25, 0.3) is 0 Å². The van der Waals surface area contributed by atoms with Crippen molar-refractivity contribution in [1.29, 1.82) is 0 Å². The molecule has 29 heavy (non-hydrogen) atoms. The smallest absolute Gasteiger partial charge is 0.246 e. The topological polar surface area (TPSA) is 44.8 Å². The van der Waals surface area contributed by atoms with Crippen molar-refractivity contribution in [1.82, 2.24) is 4.90 Å². The van der Waals surface area contributed by atoms with Crippen LogP contribution in [-0.2, 0) is 9.53 Å². The largest absolute Gasteiger partial charge is 0.372 e. The molecular weight excluding hydrogens is 369 g/mol. The van der Waals surface area contributed by atoms with Crippen LogP contribution in [0.2, 0.25) is 0 Å². The lowest BCUT2D eigenvalue weighted by Crippen LogP contribution is -2.45. The minimum Gasteiger partial charge on any atom is -0.372 e. The van der Waals surface area contributed by atoms with E-state index in [0.29, 0.717) is 31.0 Å². The van der Waals surface area contributed by atoms with Gasteiger partial charge in [0, 0.05) is 18.8 Å². The number of nitrogens with one attached hydrogen (secondary N) is 1. The Labute approximate surface area is 172 Å². The average molecular weight is 400 g/mol. The Kier molecular flexibility index (Phi) is 6.87. The number of nitrogens with zero attached hydrogens (tertiary/aromatic N) is 2. The summed E-state index contributed by atoms with van der Waals surface area (Å²) in [7, 11) is 1.90. The average Bonchev–Trinajstić information content (AvgIpc) is 2.68. The summed E-state index contributed by atoms with van der Waals surface area (Å²) in [6.45, 7) is 7.98. The highest BCUT2D eigenvalue weighted by atomic mass is 19.1. The van der Waals surface area contributed by atoms with Crippen LogP contribution >= 0.6 is 0 Å². The molecule has 0 saturated carbocycles. The number of rotatable bonds is 6. The van der Waals surface area contributed by atoms with Gasteiger partial charge in [-0.15, -0.1) is 0 Å². The molecule has 0 bridgehead atoms. The number of hydrogen-bond donors (Lipinski definition) is 1. The van der Waals surface area contributed by atoms with E-state index < -0.39 is 6.04 Å².